The number of nitrogens with zero attached hydrogens (tertiary/aromatic N) is 2. The Bertz CT molecular complexity index is 355. The number of piperidine rings is 1. The van der Waals surface area contributed by atoms with Crippen molar-refractivity contribution in [2.45, 2.75) is 46.1 Å². The van der Waals surface area contributed by atoms with Gasteiger partial charge in [-0.3, -0.25) is 4.79 Å². The number of amides is 1. The average Bonchev–Trinajstić information content (AvgIpc) is 3.17. The predicted octanol–water partition coefficient (Wildman–Crippen LogP) is 1.21. The molecule has 1 aliphatic carbocycles. The van der Waals surface area contributed by atoms with E-state index in [9.17, 15) is 4.79 Å². The Balaban J connectivity index is 1.91. The standard InChI is InChI=1S/C15H28N4O/c1-4-16-15(17-8-14(20)18-13-5-6-13)19-9-11(2)7-12(3)10-19/h11-13H,4-10H2,1-3H3,(H,16,17)(H,18,20). The molecule has 0 spiro atoms. The van der Waals surface area contributed by atoms with Crippen molar-refractivity contribution in [1.29, 1.82) is 0 Å². The summed E-state index contributed by atoms with van der Waals surface area (Å²) in [4.78, 5) is 18.6. The van der Waals surface area contributed by atoms with E-state index in [1.54, 1.807) is 0 Å². The van der Waals surface area contributed by atoms with Crippen LogP contribution in [-0.2, 0) is 4.79 Å². The second-order valence-corrected chi connectivity index (χ2v) is 6.36. The van der Waals surface area contributed by atoms with Crippen molar-refractivity contribution in [3.8, 4) is 0 Å². The fourth-order valence-electron chi connectivity index (χ4n) is 2.91. The Labute approximate surface area is 122 Å². The molecule has 2 N–H and O–H groups in total. The van der Waals surface area contributed by atoms with Crippen LogP contribution in [0.1, 0.15) is 40.0 Å². The summed E-state index contributed by atoms with van der Waals surface area (Å²) in [5.74, 6) is 2.30. The van der Waals surface area contributed by atoms with Crippen molar-refractivity contribution >= 4 is 11.9 Å². The van der Waals surface area contributed by atoms with Crippen LogP contribution in [0.25, 0.3) is 0 Å². The van der Waals surface area contributed by atoms with Gasteiger partial charge in [-0.2, -0.15) is 0 Å². The van der Waals surface area contributed by atoms with E-state index in [-0.39, 0.29) is 12.5 Å². The van der Waals surface area contributed by atoms with Gasteiger partial charge in [-0.25, -0.2) is 4.99 Å². The first-order valence-corrected chi connectivity index (χ1v) is 7.91. The highest BCUT2D eigenvalue weighted by Crippen LogP contribution is 2.21. The fourth-order valence-corrected chi connectivity index (χ4v) is 2.91. The van der Waals surface area contributed by atoms with E-state index in [0.717, 1.165) is 38.4 Å². The lowest BCUT2D eigenvalue weighted by atomic mass is 9.92. The highest BCUT2D eigenvalue weighted by Gasteiger charge is 2.25. The molecule has 2 rings (SSSR count). The second kappa shape index (κ2) is 6.95. The molecule has 1 amide bonds. The van der Waals surface area contributed by atoms with Crippen LogP contribution in [0.2, 0.25) is 0 Å². The molecule has 5 nitrogen and oxygen atoms in total. The predicted molar refractivity (Wildman–Crippen MR) is 81.7 cm³/mol. The number of carbonyl (C=O) groups excluding carboxylic acids is 1. The highest BCUT2D eigenvalue weighted by atomic mass is 16.2. The number of hydrogen-bond donors (Lipinski definition) is 2. The van der Waals surface area contributed by atoms with Gasteiger partial charge in [0.25, 0.3) is 0 Å². The molecule has 2 atom stereocenters. The molecular formula is C15H28N4O. The van der Waals surface area contributed by atoms with E-state index >= 15 is 0 Å². The van der Waals surface area contributed by atoms with Gasteiger partial charge < -0.3 is 15.5 Å². The van der Waals surface area contributed by atoms with E-state index in [1.807, 2.05) is 0 Å². The Morgan fingerprint density at radius 2 is 1.90 bits per heavy atom. The summed E-state index contributed by atoms with van der Waals surface area (Å²) in [6.07, 6.45) is 3.52. The maximum absolute atomic E-state index is 11.7. The van der Waals surface area contributed by atoms with Crippen LogP contribution in [0.3, 0.4) is 0 Å². The first-order valence-electron chi connectivity index (χ1n) is 7.91. The first-order chi connectivity index (χ1) is 9.58. The van der Waals surface area contributed by atoms with Crippen molar-refractivity contribution in [3.63, 3.8) is 0 Å². The minimum Gasteiger partial charge on any atom is -0.357 e. The normalized spacial score (nSPS) is 27.4. The minimum atomic E-state index is 0.0426. The van der Waals surface area contributed by atoms with Crippen LogP contribution in [0, 0.1) is 11.8 Å². The Kier molecular flexibility index (Phi) is 5.26. The summed E-state index contributed by atoms with van der Waals surface area (Å²) in [7, 11) is 0. The Morgan fingerprint density at radius 3 is 2.45 bits per heavy atom. The third kappa shape index (κ3) is 4.69. The quantitative estimate of drug-likeness (QED) is 0.601. The Hall–Kier alpha value is -1.26. The van der Waals surface area contributed by atoms with Crippen LogP contribution in [0.5, 0.6) is 0 Å². The molecule has 2 fully saturated rings. The van der Waals surface area contributed by atoms with E-state index in [0.29, 0.717) is 17.9 Å². The van der Waals surface area contributed by atoms with Gasteiger partial charge in [0.15, 0.2) is 5.96 Å². The highest BCUT2D eigenvalue weighted by molar-refractivity contribution is 5.85. The van der Waals surface area contributed by atoms with E-state index in [2.05, 4.69) is 41.3 Å². The first kappa shape index (κ1) is 15.1. The monoisotopic (exact) mass is 280 g/mol. The van der Waals surface area contributed by atoms with Crippen LogP contribution in [-0.4, -0.2) is 49.0 Å². The lowest BCUT2D eigenvalue weighted by Crippen LogP contribution is -2.48. The van der Waals surface area contributed by atoms with Gasteiger partial charge in [-0.15, -0.1) is 0 Å². The molecule has 0 aromatic carbocycles. The summed E-state index contributed by atoms with van der Waals surface area (Å²) in [6, 6.07) is 0.412. The minimum absolute atomic E-state index is 0.0426. The number of nitrogens with one attached hydrogen (secondary N) is 2. The smallest absolute Gasteiger partial charge is 0.242 e. The largest absolute Gasteiger partial charge is 0.357 e. The molecule has 1 saturated carbocycles. The SMILES string of the molecule is CCNC(=NCC(=O)NC1CC1)N1CC(C)CC(C)C1. The van der Waals surface area contributed by atoms with Crippen LogP contribution >= 0.6 is 0 Å². The maximum Gasteiger partial charge on any atom is 0.242 e. The third-order valence-corrected chi connectivity index (χ3v) is 3.82. The molecule has 0 aromatic heterocycles. The van der Waals surface area contributed by atoms with Crippen molar-refractivity contribution in [2.24, 2.45) is 16.8 Å². The van der Waals surface area contributed by atoms with Gasteiger partial charge in [0, 0.05) is 25.7 Å². The van der Waals surface area contributed by atoms with Crippen molar-refractivity contribution in [2.75, 3.05) is 26.2 Å². The number of carbonyl (C=O) groups is 1. The number of aliphatic imine (C=N–C) groups is 1. The van der Waals surface area contributed by atoms with Gasteiger partial charge in [0.05, 0.1) is 0 Å². The van der Waals surface area contributed by atoms with Crippen molar-refractivity contribution in [3.05, 3.63) is 0 Å². The van der Waals surface area contributed by atoms with Crippen molar-refractivity contribution in [1.82, 2.24) is 15.5 Å². The molecule has 0 bridgehead atoms. The molecule has 1 aliphatic heterocycles. The topological polar surface area (TPSA) is 56.7 Å². The van der Waals surface area contributed by atoms with Gasteiger partial charge in [-0.05, 0) is 38.0 Å². The molecule has 0 radical (unpaired) electrons. The molecule has 0 aromatic rings. The van der Waals surface area contributed by atoms with Gasteiger partial charge in [-0.1, -0.05) is 13.8 Å². The van der Waals surface area contributed by atoms with Gasteiger partial charge >= 0.3 is 0 Å². The Morgan fingerprint density at radius 1 is 1.25 bits per heavy atom. The van der Waals surface area contributed by atoms with Gasteiger partial charge in [0.2, 0.25) is 5.91 Å². The van der Waals surface area contributed by atoms with Crippen LogP contribution < -0.4 is 10.6 Å². The van der Waals surface area contributed by atoms with Gasteiger partial charge in [0.1, 0.15) is 6.54 Å². The average molecular weight is 280 g/mol. The number of guanidine groups is 1. The lowest BCUT2D eigenvalue weighted by molar-refractivity contribution is -0.119. The molecule has 2 aliphatic rings. The number of likely N-dealkylation sites (tertiary alicyclic amines) is 1. The summed E-state index contributed by atoms with van der Waals surface area (Å²) in [5.41, 5.74) is 0. The van der Waals surface area contributed by atoms with E-state index in [4.69, 9.17) is 0 Å². The fraction of sp³-hybridized carbons (Fsp3) is 0.867. The number of hydrogen-bond acceptors (Lipinski definition) is 2. The second-order valence-electron chi connectivity index (χ2n) is 6.36. The summed E-state index contributed by atoms with van der Waals surface area (Å²) < 4.78 is 0. The van der Waals surface area contributed by atoms with Crippen molar-refractivity contribution < 1.29 is 4.79 Å². The van der Waals surface area contributed by atoms with E-state index < -0.39 is 0 Å². The zero-order valence-electron chi connectivity index (χ0n) is 13.0. The molecule has 2 unspecified atom stereocenters. The van der Waals surface area contributed by atoms with Crippen LogP contribution in [0.15, 0.2) is 4.99 Å². The summed E-state index contributed by atoms with van der Waals surface area (Å²) in [6.45, 7) is 9.76. The number of rotatable bonds is 4. The third-order valence-electron chi connectivity index (χ3n) is 3.82. The zero-order valence-corrected chi connectivity index (χ0v) is 13.0. The summed E-state index contributed by atoms with van der Waals surface area (Å²) in [5, 5.41) is 6.29. The molecule has 1 heterocycles. The van der Waals surface area contributed by atoms with Crippen LogP contribution in [0.4, 0.5) is 0 Å². The molecule has 114 valence electrons. The summed E-state index contributed by atoms with van der Waals surface area (Å²) >= 11 is 0. The zero-order chi connectivity index (χ0) is 14.5. The molecule has 1 saturated heterocycles. The van der Waals surface area contributed by atoms with E-state index in [1.165, 1.54) is 6.42 Å². The lowest BCUT2D eigenvalue weighted by Gasteiger charge is -2.37. The molecular weight excluding hydrogens is 252 g/mol. The molecule has 5 heteroatoms. The maximum atomic E-state index is 11.7. The molecule has 20 heavy (non-hydrogen) atoms.